The van der Waals surface area contributed by atoms with E-state index in [0.717, 1.165) is 0 Å². The van der Waals surface area contributed by atoms with Gasteiger partial charge in [-0.25, -0.2) is 0 Å². The standard InChI is InChI=1S/C6H11F3O2/c1-5(3-10,4-11)2-6(7,8)9/h10-11H,2-4H2,1H3. The molecule has 0 aliphatic heterocycles. The minimum atomic E-state index is -4.33. The third-order valence-corrected chi connectivity index (χ3v) is 1.39. The Morgan fingerprint density at radius 2 is 1.45 bits per heavy atom. The van der Waals surface area contributed by atoms with Gasteiger partial charge in [0.1, 0.15) is 0 Å². The van der Waals surface area contributed by atoms with Gasteiger partial charge in [0.05, 0.1) is 19.6 Å². The first kappa shape index (κ1) is 10.7. The topological polar surface area (TPSA) is 40.5 Å². The lowest BCUT2D eigenvalue weighted by atomic mass is 9.89. The summed E-state index contributed by atoms with van der Waals surface area (Å²) in [5.41, 5.74) is -1.45. The molecule has 0 aliphatic rings. The van der Waals surface area contributed by atoms with Gasteiger partial charge in [0.15, 0.2) is 0 Å². The summed E-state index contributed by atoms with van der Waals surface area (Å²) in [5.74, 6) is 0. The van der Waals surface area contributed by atoms with Gasteiger partial charge in [-0.2, -0.15) is 13.2 Å². The van der Waals surface area contributed by atoms with Gasteiger partial charge in [0.25, 0.3) is 0 Å². The van der Waals surface area contributed by atoms with Crippen LogP contribution in [0, 0.1) is 5.41 Å². The Balaban J connectivity index is 4.08. The molecule has 0 spiro atoms. The summed E-state index contributed by atoms with van der Waals surface area (Å²) in [6.45, 7) is -0.146. The van der Waals surface area contributed by atoms with Crippen molar-refractivity contribution >= 4 is 0 Å². The van der Waals surface area contributed by atoms with E-state index in [-0.39, 0.29) is 0 Å². The van der Waals surface area contributed by atoms with Crippen LogP contribution >= 0.6 is 0 Å². The molecule has 0 radical (unpaired) electrons. The molecule has 0 aromatic heterocycles. The lowest BCUT2D eigenvalue weighted by Gasteiger charge is -2.25. The largest absolute Gasteiger partial charge is 0.396 e. The highest BCUT2D eigenvalue weighted by Crippen LogP contribution is 2.32. The van der Waals surface area contributed by atoms with Crippen LogP contribution < -0.4 is 0 Å². The van der Waals surface area contributed by atoms with Gasteiger partial charge in [-0.05, 0) is 0 Å². The number of hydrogen-bond acceptors (Lipinski definition) is 2. The molecule has 0 heterocycles. The van der Waals surface area contributed by atoms with Crippen LogP contribution in [0.4, 0.5) is 13.2 Å². The summed E-state index contributed by atoms with van der Waals surface area (Å²) >= 11 is 0. The van der Waals surface area contributed by atoms with Gasteiger partial charge in [0.2, 0.25) is 0 Å². The molecular weight excluding hydrogens is 161 g/mol. The van der Waals surface area contributed by atoms with Crippen LogP contribution in [0.15, 0.2) is 0 Å². The molecule has 0 rings (SSSR count). The molecule has 0 saturated heterocycles. The minimum Gasteiger partial charge on any atom is -0.396 e. The zero-order valence-electron chi connectivity index (χ0n) is 6.15. The van der Waals surface area contributed by atoms with Crippen molar-refractivity contribution in [3.8, 4) is 0 Å². The maximum Gasteiger partial charge on any atom is 0.389 e. The maximum absolute atomic E-state index is 11.7. The number of hydrogen-bond donors (Lipinski definition) is 2. The van der Waals surface area contributed by atoms with Gasteiger partial charge < -0.3 is 10.2 Å². The molecule has 0 aromatic rings. The fraction of sp³-hybridized carbons (Fsp3) is 1.00. The van der Waals surface area contributed by atoms with Crippen LogP contribution in [0.25, 0.3) is 0 Å². The Morgan fingerprint density at radius 3 is 1.55 bits per heavy atom. The molecule has 0 aliphatic carbocycles. The van der Waals surface area contributed by atoms with E-state index in [1.54, 1.807) is 0 Å². The van der Waals surface area contributed by atoms with Crippen LogP contribution in [-0.4, -0.2) is 29.6 Å². The van der Waals surface area contributed by atoms with Crippen molar-refractivity contribution in [2.24, 2.45) is 5.41 Å². The molecular formula is C6H11F3O2. The van der Waals surface area contributed by atoms with E-state index < -0.39 is 31.2 Å². The van der Waals surface area contributed by atoms with Gasteiger partial charge in [0, 0.05) is 5.41 Å². The SMILES string of the molecule is CC(CO)(CO)CC(F)(F)F. The molecule has 0 saturated carbocycles. The fourth-order valence-corrected chi connectivity index (χ4v) is 0.646. The Morgan fingerprint density at radius 1 is 1.09 bits per heavy atom. The molecule has 0 amide bonds. The van der Waals surface area contributed by atoms with E-state index >= 15 is 0 Å². The summed E-state index contributed by atoms with van der Waals surface area (Å²) < 4.78 is 35.1. The second-order valence-corrected chi connectivity index (χ2v) is 2.92. The lowest BCUT2D eigenvalue weighted by molar-refractivity contribution is -0.166. The molecule has 0 atom stereocenters. The van der Waals surface area contributed by atoms with Gasteiger partial charge >= 0.3 is 6.18 Å². The number of halogens is 3. The molecule has 2 nitrogen and oxygen atoms in total. The van der Waals surface area contributed by atoms with Gasteiger partial charge in [-0.3, -0.25) is 0 Å². The maximum atomic E-state index is 11.7. The van der Waals surface area contributed by atoms with Crippen molar-refractivity contribution in [3.63, 3.8) is 0 Å². The Hall–Kier alpha value is -0.290. The average molecular weight is 172 g/mol. The van der Waals surface area contributed by atoms with Crippen molar-refractivity contribution in [3.05, 3.63) is 0 Å². The first-order valence-corrected chi connectivity index (χ1v) is 3.11. The first-order valence-electron chi connectivity index (χ1n) is 3.11. The summed E-state index contributed by atoms with van der Waals surface area (Å²) in [7, 11) is 0. The van der Waals surface area contributed by atoms with Crippen LogP contribution in [0.3, 0.4) is 0 Å². The van der Waals surface area contributed by atoms with Gasteiger partial charge in [-0.1, -0.05) is 6.92 Å². The molecule has 5 heteroatoms. The molecule has 0 fully saturated rings. The zero-order chi connectivity index (χ0) is 9.12. The summed E-state index contributed by atoms with van der Waals surface area (Å²) in [4.78, 5) is 0. The first-order chi connectivity index (χ1) is 4.83. The fourth-order valence-electron chi connectivity index (χ4n) is 0.646. The van der Waals surface area contributed by atoms with E-state index in [4.69, 9.17) is 10.2 Å². The Labute approximate surface area is 62.6 Å². The van der Waals surface area contributed by atoms with Crippen molar-refractivity contribution in [2.75, 3.05) is 13.2 Å². The molecule has 0 bridgehead atoms. The van der Waals surface area contributed by atoms with Gasteiger partial charge in [-0.15, -0.1) is 0 Å². The highest BCUT2D eigenvalue weighted by Gasteiger charge is 2.38. The van der Waals surface area contributed by atoms with Crippen LogP contribution in [-0.2, 0) is 0 Å². The van der Waals surface area contributed by atoms with Crippen molar-refractivity contribution in [2.45, 2.75) is 19.5 Å². The van der Waals surface area contributed by atoms with Crippen LogP contribution in [0.1, 0.15) is 13.3 Å². The van der Waals surface area contributed by atoms with E-state index in [0.29, 0.717) is 0 Å². The summed E-state index contributed by atoms with van der Waals surface area (Å²) in [6, 6.07) is 0. The number of rotatable bonds is 3. The minimum absolute atomic E-state index is 0.664. The third-order valence-electron chi connectivity index (χ3n) is 1.39. The molecule has 11 heavy (non-hydrogen) atoms. The summed E-state index contributed by atoms with van der Waals surface area (Å²) in [5, 5.41) is 17.0. The highest BCUT2D eigenvalue weighted by molar-refractivity contribution is 4.75. The quantitative estimate of drug-likeness (QED) is 0.664. The number of aliphatic hydroxyl groups excluding tert-OH is 2. The third kappa shape index (κ3) is 4.21. The van der Waals surface area contributed by atoms with Crippen LogP contribution in [0.2, 0.25) is 0 Å². The van der Waals surface area contributed by atoms with E-state index in [1.165, 1.54) is 6.92 Å². The predicted molar refractivity (Wildman–Crippen MR) is 33.0 cm³/mol. The second kappa shape index (κ2) is 3.40. The predicted octanol–water partition coefficient (Wildman–Crippen LogP) is 0.930. The zero-order valence-corrected chi connectivity index (χ0v) is 6.15. The Kier molecular flexibility index (Phi) is 3.31. The highest BCUT2D eigenvalue weighted by atomic mass is 19.4. The summed E-state index contributed by atoms with van der Waals surface area (Å²) in [6.07, 6.45) is -5.49. The van der Waals surface area contributed by atoms with Crippen molar-refractivity contribution in [1.29, 1.82) is 0 Å². The van der Waals surface area contributed by atoms with E-state index in [1.807, 2.05) is 0 Å². The van der Waals surface area contributed by atoms with Crippen molar-refractivity contribution in [1.82, 2.24) is 0 Å². The van der Waals surface area contributed by atoms with E-state index in [9.17, 15) is 13.2 Å². The lowest BCUT2D eigenvalue weighted by Crippen LogP contribution is -2.32. The van der Waals surface area contributed by atoms with E-state index in [2.05, 4.69) is 0 Å². The number of aliphatic hydroxyl groups is 2. The number of alkyl halides is 3. The molecule has 0 unspecified atom stereocenters. The normalized spacial score (nSPS) is 13.6. The smallest absolute Gasteiger partial charge is 0.389 e. The van der Waals surface area contributed by atoms with Crippen LogP contribution in [0.5, 0.6) is 0 Å². The monoisotopic (exact) mass is 172 g/mol. The molecule has 2 N–H and O–H groups in total. The second-order valence-electron chi connectivity index (χ2n) is 2.92. The van der Waals surface area contributed by atoms with Crippen molar-refractivity contribution < 1.29 is 23.4 Å². The molecule has 68 valence electrons. The Bertz CT molecular complexity index is 117. The average Bonchev–Trinajstić information content (AvgIpc) is 1.84. The molecule has 0 aromatic carbocycles.